The fourth-order valence-corrected chi connectivity index (χ4v) is 4.81. The molecule has 42 heavy (non-hydrogen) atoms. The Morgan fingerprint density at radius 1 is 1.19 bits per heavy atom. The molecule has 1 N–H and O–H groups in total. The summed E-state index contributed by atoms with van der Waals surface area (Å²) in [4.78, 5) is 39.4. The summed E-state index contributed by atoms with van der Waals surface area (Å²) < 4.78 is 62.1. The van der Waals surface area contributed by atoms with Crippen LogP contribution in [-0.4, -0.2) is 55.8 Å². The molecule has 1 aliphatic heterocycles. The predicted molar refractivity (Wildman–Crippen MR) is 144 cm³/mol. The summed E-state index contributed by atoms with van der Waals surface area (Å²) in [5.41, 5.74) is -0.329. The number of nitrogens with one attached hydrogen (secondary N) is 1. The van der Waals surface area contributed by atoms with E-state index in [1.165, 1.54) is 24.5 Å². The van der Waals surface area contributed by atoms with E-state index in [2.05, 4.69) is 27.1 Å². The van der Waals surface area contributed by atoms with Crippen molar-refractivity contribution >= 4 is 23.1 Å². The van der Waals surface area contributed by atoms with Crippen LogP contribution in [0, 0.1) is 17.7 Å². The number of hydrogen-bond acceptors (Lipinski definition) is 6. The molecule has 0 spiro atoms. The highest BCUT2D eigenvalue weighted by molar-refractivity contribution is 6.04. The number of carbonyl (C=O) groups is 2. The van der Waals surface area contributed by atoms with E-state index in [0.29, 0.717) is 49.4 Å². The number of alkyl halides is 3. The quantitative estimate of drug-likeness (QED) is 0.256. The van der Waals surface area contributed by atoms with Gasteiger partial charge in [-0.1, -0.05) is 5.92 Å². The summed E-state index contributed by atoms with van der Waals surface area (Å²) in [5, 5.41) is 2.27. The van der Waals surface area contributed by atoms with Crippen molar-refractivity contribution in [3.63, 3.8) is 0 Å². The first-order valence-electron chi connectivity index (χ1n) is 13.0. The van der Waals surface area contributed by atoms with Gasteiger partial charge in [-0.25, -0.2) is 14.4 Å². The molecular weight excluding hydrogens is 556 g/mol. The topological polar surface area (TPSA) is 102 Å². The minimum absolute atomic E-state index is 0.0747. The Morgan fingerprint density at radius 3 is 2.71 bits per heavy atom. The molecule has 9 nitrogen and oxygen atoms in total. The molecule has 1 unspecified atom stereocenters. The number of halogens is 4. The Hall–Kier alpha value is -4.99. The molecule has 13 heteroatoms. The van der Waals surface area contributed by atoms with Gasteiger partial charge in [-0.05, 0) is 56.5 Å². The fourth-order valence-electron chi connectivity index (χ4n) is 4.81. The van der Waals surface area contributed by atoms with E-state index in [4.69, 9.17) is 9.72 Å². The van der Waals surface area contributed by atoms with Crippen molar-refractivity contribution < 1.29 is 31.9 Å². The molecule has 5 rings (SSSR count). The number of anilines is 1. The van der Waals surface area contributed by atoms with Crippen LogP contribution in [0.1, 0.15) is 47.9 Å². The molecule has 4 aromatic rings. The first-order valence-corrected chi connectivity index (χ1v) is 13.0. The van der Waals surface area contributed by atoms with Gasteiger partial charge in [-0.15, -0.1) is 0 Å². The monoisotopic (exact) mass is 580 g/mol. The molecule has 4 heterocycles. The maximum atomic E-state index is 15.6. The van der Waals surface area contributed by atoms with Gasteiger partial charge in [0.15, 0.2) is 0 Å². The first kappa shape index (κ1) is 28.5. The second kappa shape index (κ2) is 11.5. The molecule has 0 saturated carbocycles. The van der Waals surface area contributed by atoms with Crippen molar-refractivity contribution in [1.29, 1.82) is 0 Å². The number of ether oxygens (including phenoxy) is 1. The summed E-state index contributed by atoms with van der Waals surface area (Å²) in [7, 11) is 0. The summed E-state index contributed by atoms with van der Waals surface area (Å²) in [6, 6.07) is 5.15. The van der Waals surface area contributed by atoms with Gasteiger partial charge < -0.3 is 15.0 Å². The average molecular weight is 581 g/mol. The van der Waals surface area contributed by atoms with E-state index >= 15 is 4.39 Å². The summed E-state index contributed by atoms with van der Waals surface area (Å²) in [6.45, 7) is 4.59. The van der Waals surface area contributed by atoms with Crippen LogP contribution in [0.4, 0.5) is 23.4 Å². The molecule has 0 radical (unpaired) electrons. The number of likely N-dealkylation sites (tertiary alicyclic amines) is 1. The molecule has 2 amide bonds. The van der Waals surface area contributed by atoms with E-state index in [9.17, 15) is 22.8 Å². The van der Waals surface area contributed by atoms with Gasteiger partial charge >= 0.3 is 6.18 Å². The maximum Gasteiger partial charge on any atom is 0.416 e. The van der Waals surface area contributed by atoms with E-state index in [-0.39, 0.29) is 34.5 Å². The number of fused-ring (bicyclic) bond motifs is 1. The molecule has 1 saturated heterocycles. The van der Waals surface area contributed by atoms with Gasteiger partial charge in [0.25, 0.3) is 11.8 Å². The zero-order valence-electron chi connectivity index (χ0n) is 22.5. The van der Waals surface area contributed by atoms with Crippen molar-refractivity contribution in [2.45, 2.75) is 32.4 Å². The SMILES string of the molecule is CC#CC(=O)N1CCC(c2nc(-c3ccc(C(=O)Nc4cc(C(F)(F)F)ccn4)cc3F)c3cncc(OCC)n23)C1. The second-order valence-electron chi connectivity index (χ2n) is 9.41. The highest BCUT2D eigenvalue weighted by Crippen LogP contribution is 2.36. The smallest absolute Gasteiger partial charge is 0.416 e. The average Bonchev–Trinajstić information content (AvgIpc) is 3.59. The fraction of sp³-hybridized carbons (Fsp3) is 0.276. The summed E-state index contributed by atoms with van der Waals surface area (Å²) >= 11 is 0. The lowest BCUT2D eigenvalue weighted by Gasteiger charge is -2.14. The molecule has 0 bridgehead atoms. The van der Waals surface area contributed by atoms with Crippen LogP contribution >= 0.6 is 0 Å². The van der Waals surface area contributed by atoms with Crippen LogP contribution in [0.3, 0.4) is 0 Å². The third-order valence-electron chi connectivity index (χ3n) is 6.72. The van der Waals surface area contributed by atoms with Crippen molar-refractivity contribution in [2.75, 3.05) is 25.0 Å². The summed E-state index contributed by atoms with van der Waals surface area (Å²) in [6.07, 6.45) is -0.0413. The van der Waals surface area contributed by atoms with Gasteiger partial charge in [0.1, 0.15) is 23.2 Å². The van der Waals surface area contributed by atoms with Crippen LogP contribution in [0.2, 0.25) is 0 Å². The van der Waals surface area contributed by atoms with Crippen molar-refractivity contribution in [3.8, 4) is 29.0 Å². The zero-order valence-corrected chi connectivity index (χ0v) is 22.5. The number of aromatic nitrogens is 4. The van der Waals surface area contributed by atoms with Crippen LogP contribution < -0.4 is 10.1 Å². The molecule has 1 aliphatic rings. The Morgan fingerprint density at radius 2 is 2.00 bits per heavy atom. The third kappa shape index (κ3) is 5.60. The van der Waals surface area contributed by atoms with Crippen LogP contribution in [0.5, 0.6) is 5.88 Å². The van der Waals surface area contributed by atoms with Crippen molar-refractivity contribution in [1.82, 2.24) is 24.3 Å². The third-order valence-corrected chi connectivity index (χ3v) is 6.72. The Balaban J connectivity index is 1.49. The van der Waals surface area contributed by atoms with Gasteiger partial charge in [-0.2, -0.15) is 13.2 Å². The predicted octanol–water partition coefficient (Wildman–Crippen LogP) is 4.94. The highest BCUT2D eigenvalue weighted by atomic mass is 19.4. The summed E-state index contributed by atoms with van der Waals surface area (Å²) in [5.74, 6) is 3.69. The minimum atomic E-state index is -4.62. The Kier molecular flexibility index (Phi) is 7.80. The number of benzene rings is 1. The number of hydrogen-bond donors (Lipinski definition) is 1. The molecule has 1 atom stereocenters. The van der Waals surface area contributed by atoms with Crippen molar-refractivity contribution in [3.05, 3.63) is 71.7 Å². The van der Waals surface area contributed by atoms with Gasteiger partial charge in [0, 0.05) is 36.3 Å². The number of imidazole rings is 1. The maximum absolute atomic E-state index is 15.6. The number of nitrogens with zero attached hydrogens (tertiary/aromatic N) is 5. The molecule has 1 aromatic carbocycles. The normalized spacial score (nSPS) is 14.9. The van der Waals surface area contributed by atoms with Gasteiger partial charge in [-0.3, -0.25) is 19.0 Å². The van der Waals surface area contributed by atoms with Crippen molar-refractivity contribution in [2.24, 2.45) is 0 Å². The lowest BCUT2D eigenvalue weighted by Crippen LogP contribution is -2.27. The molecule has 216 valence electrons. The minimum Gasteiger partial charge on any atom is -0.478 e. The highest BCUT2D eigenvalue weighted by Gasteiger charge is 2.33. The van der Waals surface area contributed by atoms with Gasteiger partial charge in [0.05, 0.1) is 30.1 Å². The number of pyridine rings is 1. The number of rotatable bonds is 6. The first-order chi connectivity index (χ1) is 20.1. The van der Waals surface area contributed by atoms with Crippen LogP contribution in [0.25, 0.3) is 16.8 Å². The number of carbonyl (C=O) groups excluding carboxylic acids is 2. The van der Waals surface area contributed by atoms with E-state index < -0.39 is 23.5 Å². The molecule has 3 aromatic heterocycles. The van der Waals surface area contributed by atoms with Crippen LogP contribution in [-0.2, 0) is 11.0 Å². The lowest BCUT2D eigenvalue weighted by molar-refractivity contribution is -0.137. The van der Waals surface area contributed by atoms with E-state index in [1.807, 2.05) is 6.92 Å². The second-order valence-corrected chi connectivity index (χ2v) is 9.41. The van der Waals surface area contributed by atoms with E-state index in [1.54, 1.807) is 16.2 Å². The Bertz CT molecular complexity index is 1740. The largest absolute Gasteiger partial charge is 0.478 e. The molecule has 1 fully saturated rings. The van der Waals surface area contributed by atoms with Gasteiger partial charge in [0.2, 0.25) is 5.88 Å². The molecular formula is C29H24F4N6O3. The Labute approximate surface area is 237 Å². The standard InChI is InChI=1S/C29H24F4N6O3/c1-3-5-24(40)38-11-9-18(16-38)27-37-26(22-14-34-15-25(39(22)27)42-4-2)20-7-6-17(12-21(20)30)28(41)36-23-13-19(8-10-35-23)29(31,32)33/h6-8,10,12-15,18H,4,9,11,16H2,1-2H3,(H,35,36,41). The zero-order chi connectivity index (χ0) is 30.0. The van der Waals surface area contributed by atoms with E-state index in [0.717, 1.165) is 18.3 Å². The lowest BCUT2D eigenvalue weighted by atomic mass is 10.1. The number of amides is 2. The van der Waals surface area contributed by atoms with Crippen LogP contribution in [0.15, 0.2) is 48.9 Å². The molecule has 0 aliphatic carbocycles.